The molecule has 0 atom stereocenters. The van der Waals surface area contributed by atoms with E-state index in [9.17, 15) is 19.5 Å². The summed E-state index contributed by atoms with van der Waals surface area (Å²) in [6.45, 7) is 3.44. The molecular weight excluding hydrogens is 494 g/mol. The number of unbranched alkanes of at least 4 members (excludes halogenated alkanes) is 18. The first-order valence-corrected chi connectivity index (χ1v) is 15.9. The van der Waals surface area contributed by atoms with E-state index in [1.54, 1.807) is 0 Å². The van der Waals surface area contributed by atoms with Gasteiger partial charge in [-0.25, -0.2) is 0 Å². The van der Waals surface area contributed by atoms with Crippen molar-refractivity contribution in [3.8, 4) is 0 Å². The predicted molar refractivity (Wildman–Crippen MR) is 156 cm³/mol. The summed E-state index contributed by atoms with van der Waals surface area (Å²) in [5.74, 6) is -3.07. The minimum absolute atomic E-state index is 0.0930. The first-order chi connectivity index (χ1) is 18.8. The maximum absolute atomic E-state index is 11.1. The van der Waals surface area contributed by atoms with Crippen molar-refractivity contribution in [3.63, 3.8) is 0 Å². The molecule has 0 spiro atoms. The van der Waals surface area contributed by atoms with Gasteiger partial charge in [0.05, 0.1) is 39.0 Å². The Morgan fingerprint density at radius 1 is 0.538 bits per heavy atom. The summed E-state index contributed by atoms with van der Waals surface area (Å²) in [6.07, 6.45) is 28.3. The van der Waals surface area contributed by atoms with Crippen LogP contribution in [0.3, 0.4) is 0 Å². The average Bonchev–Trinajstić information content (AvgIpc) is 2.90. The van der Waals surface area contributed by atoms with Crippen LogP contribution in [0, 0.1) is 0 Å². The van der Waals surface area contributed by atoms with Gasteiger partial charge in [-0.05, 0) is 32.6 Å². The van der Waals surface area contributed by atoms with E-state index in [-0.39, 0.29) is 43.4 Å². The first kappa shape index (κ1) is 37.1. The molecule has 2 N–H and O–H groups in total. The normalized spacial score (nSPS) is 11.8. The lowest BCUT2D eigenvalue weighted by atomic mass is 10.0. The van der Waals surface area contributed by atoms with Crippen molar-refractivity contribution < 1.29 is 34.2 Å². The standard InChI is InChI=1S/C32H59NO6/c1-2-3-4-5-6-7-8-9-10-11-12-13-14-15-16-17-18-19-20-21-22-26-33(27-23-30(34)35,28-24-31(36)37)29-25-32(38)39/h2-3H,4-29H2,1H3,(H2-,34,35,36,37,38,39)/b3-2+. The molecule has 0 unspecified atom stereocenters. The van der Waals surface area contributed by atoms with Crippen molar-refractivity contribution in [2.75, 3.05) is 26.2 Å². The summed E-state index contributed by atoms with van der Waals surface area (Å²) >= 11 is 0. The van der Waals surface area contributed by atoms with Crippen molar-refractivity contribution in [1.29, 1.82) is 0 Å². The van der Waals surface area contributed by atoms with Gasteiger partial charge in [0.1, 0.15) is 0 Å². The fourth-order valence-electron chi connectivity index (χ4n) is 5.37. The molecule has 0 rings (SSSR count). The zero-order valence-electron chi connectivity index (χ0n) is 25.0. The maximum atomic E-state index is 11.1. The number of nitrogens with zero attached hydrogens (tertiary/aromatic N) is 1. The topological polar surface area (TPSA) is 115 Å². The van der Waals surface area contributed by atoms with Crippen LogP contribution in [0.25, 0.3) is 0 Å². The van der Waals surface area contributed by atoms with E-state index >= 15 is 0 Å². The van der Waals surface area contributed by atoms with Crippen LogP contribution in [-0.4, -0.2) is 58.8 Å². The molecule has 0 radical (unpaired) electrons. The number of carbonyl (C=O) groups excluding carboxylic acids is 1. The van der Waals surface area contributed by atoms with Gasteiger partial charge in [-0.15, -0.1) is 0 Å². The Morgan fingerprint density at radius 3 is 1.21 bits per heavy atom. The predicted octanol–water partition coefficient (Wildman–Crippen LogP) is 6.88. The molecule has 39 heavy (non-hydrogen) atoms. The van der Waals surface area contributed by atoms with Gasteiger partial charge >= 0.3 is 11.9 Å². The van der Waals surface area contributed by atoms with Gasteiger partial charge in [0.25, 0.3) is 0 Å². The summed E-state index contributed by atoms with van der Waals surface area (Å²) in [5, 5.41) is 29.3. The SMILES string of the molecule is C/C=C/CCCCCCCCCCCCCCCCCCCC[N+](CCC(=O)[O-])(CCC(=O)O)CCC(=O)O. The number of carboxylic acids is 3. The maximum Gasteiger partial charge on any atom is 0.309 e. The van der Waals surface area contributed by atoms with Crippen molar-refractivity contribution >= 4 is 17.9 Å². The lowest BCUT2D eigenvalue weighted by Crippen LogP contribution is -2.53. The van der Waals surface area contributed by atoms with Crippen molar-refractivity contribution in [3.05, 3.63) is 12.2 Å². The second-order valence-corrected chi connectivity index (χ2v) is 11.4. The van der Waals surface area contributed by atoms with Crippen LogP contribution in [0.2, 0.25) is 0 Å². The minimum atomic E-state index is -1.18. The smallest absolute Gasteiger partial charge is 0.309 e. The number of quaternary nitrogens is 1. The first-order valence-electron chi connectivity index (χ1n) is 15.9. The van der Waals surface area contributed by atoms with Crippen molar-refractivity contribution in [2.45, 2.75) is 148 Å². The Morgan fingerprint density at radius 2 is 0.872 bits per heavy atom. The van der Waals surface area contributed by atoms with Gasteiger partial charge in [-0.1, -0.05) is 108 Å². The lowest BCUT2D eigenvalue weighted by molar-refractivity contribution is -0.927. The third kappa shape index (κ3) is 26.1. The van der Waals surface area contributed by atoms with Gasteiger partial charge in [-0.2, -0.15) is 0 Å². The summed E-state index contributed by atoms with van der Waals surface area (Å²) in [7, 11) is 0. The largest absolute Gasteiger partial charge is 0.550 e. The van der Waals surface area contributed by atoms with Crippen LogP contribution in [-0.2, 0) is 14.4 Å². The monoisotopic (exact) mass is 553 g/mol. The molecule has 0 aliphatic heterocycles. The Balaban J connectivity index is 3.82. The molecule has 0 aliphatic carbocycles. The highest BCUT2D eigenvalue weighted by Crippen LogP contribution is 2.17. The Hall–Kier alpha value is -1.89. The van der Waals surface area contributed by atoms with E-state index in [0.717, 1.165) is 19.3 Å². The molecule has 228 valence electrons. The molecule has 0 aromatic carbocycles. The van der Waals surface area contributed by atoms with Gasteiger partial charge in [-0.3, -0.25) is 9.59 Å². The fraction of sp³-hybridized carbons (Fsp3) is 0.844. The highest BCUT2D eigenvalue weighted by atomic mass is 16.4. The molecule has 0 heterocycles. The summed E-state index contributed by atoms with van der Waals surface area (Å²) in [5.41, 5.74) is 0. The van der Waals surface area contributed by atoms with Gasteiger partial charge in [0, 0.05) is 12.4 Å². The van der Waals surface area contributed by atoms with Crippen LogP contribution in [0.4, 0.5) is 0 Å². The number of hydrogen-bond acceptors (Lipinski definition) is 4. The quantitative estimate of drug-likeness (QED) is 0.0569. The average molecular weight is 554 g/mol. The Labute approximate surface area is 238 Å². The van der Waals surface area contributed by atoms with Gasteiger partial charge in [0.2, 0.25) is 0 Å². The van der Waals surface area contributed by atoms with Crippen LogP contribution in [0.15, 0.2) is 12.2 Å². The molecule has 0 aromatic heterocycles. The van der Waals surface area contributed by atoms with Crippen LogP contribution in [0.5, 0.6) is 0 Å². The zero-order chi connectivity index (χ0) is 29.0. The number of rotatable bonds is 30. The highest BCUT2D eigenvalue weighted by Gasteiger charge is 2.28. The summed E-state index contributed by atoms with van der Waals surface area (Å²) < 4.78 is 0.226. The molecule has 0 bridgehead atoms. The molecule has 0 aromatic rings. The Bertz CT molecular complexity index is 603. The van der Waals surface area contributed by atoms with Crippen molar-refractivity contribution in [2.24, 2.45) is 0 Å². The van der Waals surface area contributed by atoms with Crippen LogP contribution >= 0.6 is 0 Å². The van der Waals surface area contributed by atoms with E-state index in [1.165, 1.54) is 103 Å². The van der Waals surface area contributed by atoms with Crippen molar-refractivity contribution in [1.82, 2.24) is 0 Å². The molecule has 0 saturated heterocycles. The Kier molecular flexibility index (Phi) is 25.1. The molecule has 0 aliphatic rings. The van der Waals surface area contributed by atoms with E-state index in [4.69, 9.17) is 10.2 Å². The summed E-state index contributed by atoms with van der Waals surface area (Å²) in [6, 6.07) is 0. The third-order valence-corrected chi connectivity index (χ3v) is 7.88. The van der Waals surface area contributed by atoms with E-state index in [1.807, 2.05) is 0 Å². The summed E-state index contributed by atoms with van der Waals surface area (Å²) in [4.78, 5) is 33.3. The van der Waals surface area contributed by atoms with Gasteiger partial charge < -0.3 is 24.6 Å². The number of hydrogen-bond donors (Lipinski definition) is 2. The number of carboxylic acid groups (broad SMARTS) is 3. The van der Waals surface area contributed by atoms with E-state index in [2.05, 4.69) is 19.1 Å². The number of carbonyl (C=O) groups is 3. The fourth-order valence-corrected chi connectivity index (χ4v) is 5.37. The zero-order valence-corrected chi connectivity index (χ0v) is 25.0. The second kappa shape index (κ2) is 26.3. The minimum Gasteiger partial charge on any atom is -0.550 e. The molecular formula is C32H59NO6. The second-order valence-electron chi connectivity index (χ2n) is 11.4. The molecule has 7 nitrogen and oxygen atoms in total. The molecule has 0 fully saturated rings. The molecule has 0 saturated carbocycles. The third-order valence-electron chi connectivity index (χ3n) is 7.88. The van der Waals surface area contributed by atoms with Crippen LogP contribution < -0.4 is 5.11 Å². The van der Waals surface area contributed by atoms with E-state index < -0.39 is 17.9 Å². The molecule has 7 heteroatoms. The van der Waals surface area contributed by atoms with Crippen LogP contribution in [0.1, 0.15) is 148 Å². The number of aliphatic carboxylic acids is 3. The highest BCUT2D eigenvalue weighted by molar-refractivity contribution is 5.67. The van der Waals surface area contributed by atoms with E-state index in [0.29, 0.717) is 6.54 Å². The number of allylic oxidation sites excluding steroid dienone is 2. The lowest BCUT2D eigenvalue weighted by Gasteiger charge is -2.38. The molecule has 0 amide bonds. The van der Waals surface area contributed by atoms with Gasteiger partial charge in [0.15, 0.2) is 0 Å².